The normalized spacial score (nSPS) is 19.8. The maximum atomic E-state index is 8.73. The molecule has 0 spiro atoms. The molecule has 0 bridgehead atoms. The van der Waals surface area contributed by atoms with Crippen molar-refractivity contribution in [1.29, 1.82) is 5.41 Å². The number of nitrogens with zero attached hydrogens (tertiary/aromatic N) is 3. The Hall–Kier alpha value is -3.90. The smallest absolute Gasteiger partial charge is 0.125 e. The summed E-state index contributed by atoms with van der Waals surface area (Å²) in [7, 11) is 1.93. The lowest BCUT2D eigenvalue weighted by Gasteiger charge is -2.34. The summed E-state index contributed by atoms with van der Waals surface area (Å²) < 4.78 is 0. The van der Waals surface area contributed by atoms with Crippen molar-refractivity contribution in [2.24, 2.45) is 16.6 Å². The van der Waals surface area contributed by atoms with Crippen LogP contribution in [-0.4, -0.2) is 54.4 Å². The number of nitrogens with two attached hydrogens (primary N) is 1. The van der Waals surface area contributed by atoms with Crippen molar-refractivity contribution in [2.45, 2.75) is 86.5 Å². The molecule has 1 saturated heterocycles. The Morgan fingerprint density at radius 2 is 1.77 bits per heavy atom. The third kappa shape index (κ3) is 10.0. The van der Waals surface area contributed by atoms with Crippen LogP contribution in [0.3, 0.4) is 0 Å². The number of hydrogen-bond acceptors (Lipinski definition) is 6. The standard InChI is InChI=1S/C41H60N6/c1-11-28(4)36(24-34-16-14-15-17-34)25-35(12-2)32(8)45-33(9)46(10)41(31(7)42)19-18-29(5)38(13-3)39-26-37(27-40(43)30(39)6)47-22-20-44-21-23-47/h12-13,18-19,25,27,34,43-44H,4,7,9,11,14-17,20-24,26,42H2,1-3,5-6,8,10H3/b29-18+,35-12-,36-25+,38-13-,41-19+,43-40?,45-32-. The average Bonchev–Trinajstić information content (AvgIpc) is 3.58. The molecule has 254 valence electrons. The fourth-order valence-corrected chi connectivity index (χ4v) is 6.74. The van der Waals surface area contributed by atoms with Crippen LogP contribution in [0.4, 0.5) is 0 Å². The van der Waals surface area contributed by atoms with Crippen LogP contribution in [0.2, 0.25) is 0 Å². The van der Waals surface area contributed by atoms with Crippen LogP contribution in [0.1, 0.15) is 86.5 Å². The van der Waals surface area contributed by atoms with Crippen LogP contribution in [0, 0.1) is 11.3 Å². The first-order chi connectivity index (χ1) is 22.4. The molecule has 0 atom stereocenters. The Balaban J connectivity index is 1.84. The van der Waals surface area contributed by atoms with Crippen LogP contribution in [0.15, 0.2) is 123 Å². The summed E-state index contributed by atoms with van der Waals surface area (Å²) in [6.45, 7) is 29.2. The molecule has 1 heterocycles. The molecule has 0 amide bonds. The maximum absolute atomic E-state index is 8.73. The van der Waals surface area contributed by atoms with Gasteiger partial charge in [0.15, 0.2) is 0 Å². The molecule has 1 saturated carbocycles. The molecule has 2 aliphatic carbocycles. The summed E-state index contributed by atoms with van der Waals surface area (Å²) in [4.78, 5) is 9.25. The van der Waals surface area contributed by atoms with Crippen molar-refractivity contribution in [1.82, 2.24) is 15.1 Å². The molecule has 1 aliphatic heterocycles. The molecule has 3 rings (SSSR count). The Bertz CT molecular complexity index is 1470. The van der Waals surface area contributed by atoms with E-state index >= 15 is 0 Å². The molecule has 6 nitrogen and oxygen atoms in total. The number of piperazine rings is 1. The fraction of sp³-hybridized carbons (Fsp3) is 0.463. The van der Waals surface area contributed by atoms with Gasteiger partial charge in [0.1, 0.15) is 5.82 Å². The summed E-state index contributed by atoms with van der Waals surface area (Å²) >= 11 is 0. The third-order valence-electron chi connectivity index (χ3n) is 9.88. The minimum atomic E-state index is 0.440. The van der Waals surface area contributed by atoms with Crippen molar-refractivity contribution < 1.29 is 0 Å². The van der Waals surface area contributed by atoms with E-state index < -0.39 is 0 Å². The number of hydrogen-bond donors (Lipinski definition) is 3. The van der Waals surface area contributed by atoms with Crippen LogP contribution in [-0.2, 0) is 0 Å². The number of aliphatic imine (C=N–C) groups is 1. The van der Waals surface area contributed by atoms with Crippen molar-refractivity contribution in [3.8, 4) is 0 Å². The zero-order valence-electron chi connectivity index (χ0n) is 30.4. The highest BCUT2D eigenvalue weighted by Crippen LogP contribution is 2.35. The molecule has 2 fully saturated rings. The van der Waals surface area contributed by atoms with Gasteiger partial charge >= 0.3 is 0 Å². The SMILES string of the molecule is C=C(CC)/C(=C/C(=C/C)C(/C)=N\C(=C)N(C)/C(=C/C=C(C)/C(=C/C)C1=C(C)C(=N)C=C(N2CCNCC2)C1)C(=C)N)CC1CCCC1. The van der Waals surface area contributed by atoms with Gasteiger partial charge in [-0.15, -0.1) is 0 Å². The zero-order chi connectivity index (χ0) is 34.7. The van der Waals surface area contributed by atoms with Gasteiger partial charge in [0.25, 0.3) is 0 Å². The average molecular weight is 637 g/mol. The van der Waals surface area contributed by atoms with Crippen LogP contribution < -0.4 is 11.1 Å². The molecule has 0 aromatic carbocycles. The highest BCUT2D eigenvalue weighted by molar-refractivity contribution is 6.08. The van der Waals surface area contributed by atoms with Crippen LogP contribution in [0.25, 0.3) is 0 Å². The molecular weight excluding hydrogens is 576 g/mol. The van der Waals surface area contributed by atoms with E-state index in [-0.39, 0.29) is 0 Å². The number of nitrogens with one attached hydrogen (secondary N) is 2. The van der Waals surface area contributed by atoms with E-state index in [1.54, 1.807) is 0 Å². The molecule has 6 heteroatoms. The van der Waals surface area contributed by atoms with E-state index in [4.69, 9.17) is 16.1 Å². The molecule has 0 radical (unpaired) electrons. The summed E-state index contributed by atoms with van der Waals surface area (Å²) in [5.74, 6) is 1.34. The Kier molecular flexibility index (Phi) is 14.3. The molecule has 0 unspecified atom stereocenters. The summed E-state index contributed by atoms with van der Waals surface area (Å²) in [5.41, 5.74) is 18.3. The van der Waals surface area contributed by atoms with Gasteiger partial charge in [-0.25, -0.2) is 4.99 Å². The first kappa shape index (κ1) is 37.6. The summed E-state index contributed by atoms with van der Waals surface area (Å²) in [6, 6.07) is 0. The quantitative estimate of drug-likeness (QED) is 0.131. The predicted molar refractivity (Wildman–Crippen MR) is 204 cm³/mol. The second-order valence-electron chi connectivity index (χ2n) is 13.1. The molecule has 4 N–H and O–H groups in total. The van der Waals surface area contributed by atoms with E-state index in [9.17, 15) is 0 Å². The van der Waals surface area contributed by atoms with Crippen LogP contribution in [0.5, 0.6) is 0 Å². The lowest BCUT2D eigenvalue weighted by Crippen LogP contribution is -2.43. The van der Waals surface area contributed by atoms with Gasteiger partial charge in [-0.1, -0.05) is 82.2 Å². The van der Waals surface area contributed by atoms with Gasteiger partial charge in [-0.05, 0) is 99.0 Å². The number of allylic oxidation sites excluding steroid dienone is 13. The Morgan fingerprint density at radius 3 is 2.34 bits per heavy atom. The lowest BCUT2D eigenvalue weighted by molar-refractivity contribution is 0.294. The predicted octanol–water partition coefficient (Wildman–Crippen LogP) is 9.05. The minimum absolute atomic E-state index is 0.440. The zero-order valence-corrected chi connectivity index (χ0v) is 30.4. The topological polar surface area (TPSA) is 80.7 Å². The first-order valence-electron chi connectivity index (χ1n) is 17.4. The van der Waals surface area contributed by atoms with Crippen molar-refractivity contribution >= 4 is 11.4 Å². The highest BCUT2D eigenvalue weighted by Gasteiger charge is 2.23. The first-order valence-corrected chi connectivity index (χ1v) is 17.4. The van der Waals surface area contributed by atoms with E-state index in [1.807, 2.05) is 31.0 Å². The Morgan fingerprint density at radius 1 is 1.11 bits per heavy atom. The van der Waals surface area contributed by atoms with E-state index in [2.05, 4.69) is 88.9 Å². The van der Waals surface area contributed by atoms with Gasteiger partial charge in [-0.3, -0.25) is 0 Å². The molecule has 47 heavy (non-hydrogen) atoms. The minimum Gasteiger partial charge on any atom is -0.398 e. The van der Waals surface area contributed by atoms with E-state index in [1.165, 1.54) is 48.1 Å². The van der Waals surface area contributed by atoms with Gasteiger partial charge in [0.2, 0.25) is 0 Å². The van der Waals surface area contributed by atoms with Crippen molar-refractivity contribution in [3.63, 3.8) is 0 Å². The highest BCUT2D eigenvalue weighted by atomic mass is 15.2. The third-order valence-corrected chi connectivity index (χ3v) is 9.88. The summed E-state index contributed by atoms with van der Waals surface area (Å²) in [5, 5.41) is 12.2. The van der Waals surface area contributed by atoms with Gasteiger partial charge in [-0.2, -0.15) is 0 Å². The van der Waals surface area contributed by atoms with Gasteiger partial charge < -0.3 is 26.3 Å². The van der Waals surface area contributed by atoms with Crippen molar-refractivity contribution in [3.05, 3.63) is 118 Å². The monoisotopic (exact) mass is 636 g/mol. The number of rotatable bonds is 14. The van der Waals surface area contributed by atoms with E-state index in [0.29, 0.717) is 17.2 Å². The molecule has 0 aromatic rings. The molecular formula is C41H60N6. The Labute approximate surface area is 285 Å². The number of likely N-dealkylation sites (N-methyl/N-ethyl adjacent to an activating group) is 1. The van der Waals surface area contributed by atoms with Gasteiger partial charge in [0.05, 0.1) is 11.4 Å². The largest absolute Gasteiger partial charge is 0.398 e. The fourth-order valence-electron chi connectivity index (χ4n) is 6.74. The van der Waals surface area contributed by atoms with E-state index in [0.717, 1.165) is 85.1 Å². The lowest BCUT2D eigenvalue weighted by atomic mass is 9.85. The molecule has 3 aliphatic rings. The van der Waals surface area contributed by atoms with Crippen molar-refractivity contribution in [2.75, 3.05) is 33.2 Å². The van der Waals surface area contributed by atoms with Gasteiger partial charge in [0, 0.05) is 56.8 Å². The second-order valence-corrected chi connectivity index (χ2v) is 13.1. The summed E-state index contributed by atoms with van der Waals surface area (Å²) in [6.07, 6.45) is 20.8. The molecule has 0 aromatic heterocycles. The second kappa shape index (κ2) is 17.9. The van der Waals surface area contributed by atoms with Crippen LogP contribution >= 0.6 is 0 Å². The maximum Gasteiger partial charge on any atom is 0.125 e.